The topological polar surface area (TPSA) is 104 Å². The Morgan fingerprint density at radius 1 is 1.22 bits per heavy atom. The molecular formula is CH5NO5S2. The van der Waals surface area contributed by atoms with Crippen molar-refractivity contribution < 1.29 is 20.5 Å². The van der Waals surface area contributed by atoms with E-state index in [-0.39, 0.29) is 0 Å². The molecule has 0 bridgehead atoms. The quantitative estimate of drug-likeness (QED) is 0.531. The maximum Gasteiger partial charge on any atom is 0.347 e. The highest BCUT2D eigenvalue weighted by atomic mass is 32.3. The normalized spacial score (nSPS) is 13.6. The monoisotopic (exact) mass is 175 g/mol. The average molecular weight is 175 g/mol. The Labute approximate surface area is 53.0 Å². The largest absolute Gasteiger partial charge is 0.347 e. The Bertz CT molecular complexity index is 240. The molecule has 0 radical (unpaired) electrons. The van der Waals surface area contributed by atoms with Gasteiger partial charge in [-0.3, -0.25) is 0 Å². The van der Waals surface area contributed by atoms with Gasteiger partial charge in [0.1, 0.15) is 0 Å². The van der Waals surface area contributed by atoms with Crippen molar-refractivity contribution in [3.05, 3.63) is 0 Å². The third kappa shape index (κ3) is 7.82. The molecule has 0 aliphatic carbocycles. The van der Waals surface area contributed by atoms with Gasteiger partial charge in [0.2, 0.25) is 0 Å². The van der Waals surface area contributed by atoms with Crippen molar-refractivity contribution in [2.45, 2.75) is 0 Å². The lowest BCUT2D eigenvalue weighted by molar-refractivity contribution is 0.467. The van der Waals surface area contributed by atoms with Gasteiger partial charge in [-0.15, -0.1) is 3.63 Å². The van der Waals surface area contributed by atoms with E-state index in [9.17, 15) is 16.8 Å². The van der Waals surface area contributed by atoms with Crippen molar-refractivity contribution >= 4 is 20.4 Å². The lowest BCUT2D eigenvalue weighted by atomic mass is 12.0. The first kappa shape index (κ1) is 8.82. The predicted octanol–water partition coefficient (Wildman–Crippen LogP) is -1.83. The highest BCUT2D eigenvalue weighted by molar-refractivity contribution is 7.98. The molecule has 56 valence electrons. The van der Waals surface area contributed by atoms with E-state index in [4.69, 9.17) is 0 Å². The Balaban J connectivity index is 4.46. The van der Waals surface area contributed by atoms with Gasteiger partial charge in [-0.25, -0.2) is 5.14 Å². The fourth-order valence-electron chi connectivity index (χ4n) is 0.172. The molecule has 0 aliphatic rings. The molecule has 0 aromatic carbocycles. The fourth-order valence-corrected chi connectivity index (χ4v) is 1.55. The van der Waals surface area contributed by atoms with Crippen LogP contribution >= 0.6 is 0 Å². The summed E-state index contributed by atoms with van der Waals surface area (Å²) in [6.45, 7) is 0. The molecule has 0 fully saturated rings. The average Bonchev–Trinajstić information content (AvgIpc) is 1.14. The minimum Gasteiger partial charge on any atom is -0.204 e. The molecule has 0 aliphatic heterocycles. The van der Waals surface area contributed by atoms with Gasteiger partial charge in [0, 0.05) is 0 Å². The molecule has 6 nitrogen and oxygen atoms in total. The second-order valence-electron chi connectivity index (χ2n) is 1.26. The molecule has 0 spiro atoms. The molecule has 0 atom stereocenters. The summed E-state index contributed by atoms with van der Waals surface area (Å²) >= 11 is 0. The molecule has 0 unspecified atom stereocenters. The Morgan fingerprint density at radius 2 is 1.56 bits per heavy atom. The third-order valence-electron chi connectivity index (χ3n) is 0.218. The van der Waals surface area contributed by atoms with E-state index >= 15 is 0 Å². The van der Waals surface area contributed by atoms with Gasteiger partial charge in [-0.05, 0) is 0 Å². The van der Waals surface area contributed by atoms with Crippen molar-refractivity contribution in [1.29, 1.82) is 0 Å². The minimum absolute atomic E-state index is 0.581. The van der Waals surface area contributed by atoms with Crippen LogP contribution in [0.5, 0.6) is 0 Å². The zero-order chi connectivity index (χ0) is 7.71. The van der Waals surface area contributed by atoms with Crippen molar-refractivity contribution in [2.24, 2.45) is 5.14 Å². The molecule has 8 heteroatoms. The van der Waals surface area contributed by atoms with Crippen LogP contribution in [0.25, 0.3) is 0 Å². The number of hydrogen-bond donors (Lipinski definition) is 1. The van der Waals surface area contributed by atoms with Crippen LogP contribution < -0.4 is 5.14 Å². The molecule has 0 saturated heterocycles. The molecule has 0 rings (SSSR count). The highest BCUT2D eigenvalue weighted by Crippen LogP contribution is 1.89. The van der Waals surface area contributed by atoms with Crippen molar-refractivity contribution in [3.8, 4) is 0 Å². The summed E-state index contributed by atoms with van der Waals surface area (Å²) in [5.41, 5.74) is 0. The van der Waals surface area contributed by atoms with Crippen LogP contribution in [0.15, 0.2) is 0 Å². The lowest BCUT2D eigenvalue weighted by Gasteiger charge is -1.92. The minimum atomic E-state index is -4.37. The van der Waals surface area contributed by atoms with Crippen molar-refractivity contribution in [1.82, 2.24) is 0 Å². The number of rotatable bonds is 2. The fraction of sp³-hybridized carbons (Fsp3) is 1.00. The first-order valence-corrected chi connectivity index (χ1v) is 4.93. The van der Waals surface area contributed by atoms with Crippen LogP contribution in [0.4, 0.5) is 0 Å². The van der Waals surface area contributed by atoms with E-state index in [0.29, 0.717) is 6.26 Å². The van der Waals surface area contributed by atoms with E-state index < -0.39 is 20.4 Å². The van der Waals surface area contributed by atoms with Crippen LogP contribution in [0, 0.1) is 0 Å². The maximum atomic E-state index is 9.97. The van der Waals surface area contributed by atoms with Crippen LogP contribution in [0.1, 0.15) is 0 Å². The molecule has 0 aromatic rings. The summed E-state index contributed by atoms with van der Waals surface area (Å²) in [7, 11) is -8.36. The second-order valence-corrected chi connectivity index (χ2v) is 4.20. The zero-order valence-corrected chi connectivity index (χ0v) is 6.07. The van der Waals surface area contributed by atoms with Crippen LogP contribution in [-0.2, 0) is 24.1 Å². The maximum absolute atomic E-state index is 9.97. The molecule has 2 N–H and O–H groups in total. The Morgan fingerprint density at radius 3 is 1.56 bits per heavy atom. The van der Waals surface area contributed by atoms with Crippen molar-refractivity contribution in [2.75, 3.05) is 6.26 Å². The molecule has 0 saturated carbocycles. The molecule has 0 aromatic heterocycles. The first-order chi connectivity index (χ1) is 3.71. The van der Waals surface area contributed by atoms with Crippen LogP contribution in [-0.4, -0.2) is 23.1 Å². The third-order valence-corrected chi connectivity index (χ3v) is 1.97. The number of hydrogen-bond acceptors (Lipinski definition) is 5. The lowest BCUT2D eigenvalue weighted by Crippen LogP contribution is -2.19. The summed E-state index contributed by atoms with van der Waals surface area (Å²) in [5.74, 6) is 0. The van der Waals surface area contributed by atoms with E-state index in [2.05, 4.69) is 8.77 Å². The van der Waals surface area contributed by atoms with Gasteiger partial charge in [-0.2, -0.15) is 16.8 Å². The van der Waals surface area contributed by atoms with Crippen LogP contribution in [0.2, 0.25) is 0 Å². The van der Waals surface area contributed by atoms with Gasteiger partial charge >= 0.3 is 10.3 Å². The van der Waals surface area contributed by atoms with Gasteiger partial charge in [-0.1, -0.05) is 0 Å². The summed E-state index contributed by atoms with van der Waals surface area (Å²) < 4.78 is 42.9. The molecule has 0 amide bonds. The number of nitrogens with two attached hydrogens (primary N) is 1. The Kier molecular flexibility index (Phi) is 2.17. The second kappa shape index (κ2) is 2.21. The van der Waals surface area contributed by atoms with Crippen molar-refractivity contribution in [3.63, 3.8) is 0 Å². The van der Waals surface area contributed by atoms with Crippen LogP contribution in [0.3, 0.4) is 0 Å². The van der Waals surface area contributed by atoms with Gasteiger partial charge in [0.25, 0.3) is 10.1 Å². The predicted molar refractivity (Wildman–Crippen MR) is 29.0 cm³/mol. The summed E-state index contributed by atoms with van der Waals surface area (Å²) in [5, 5.41) is 4.19. The summed E-state index contributed by atoms with van der Waals surface area (Å²) in [6.07, 6.45) is 0.581. The smallest absolute Gasteiger partial charge is 0.204 e. The van der Waals surface area contributed by atoms with Gasteiger partial charge in [0.05, 0.1) is 6.26 Å². The van der Waals surface area contributed by atoms with E-state index in [1.807, 2.05) is 0 Å². The Hall–Kier alpha value is -0.180. The highest BCUT2D eigenvalue weighted by Gasteiger charge is 2.11. The SMILES string of the molecule is CS(=O)(=O)OS(N)(=O)=O. The van der Waals surface area contributed by atoms with E-state index in [1.165, 1.54) is 0 Å². The molecule has 9 heavy (non-hydrogen) atoms. The van der Waals surface area contributed by atoms with Gasteiger partial charge < -0.3 is 0 Å². The first-order valence-electron chi connectivity index (χ1n) is 1.64. The van der Waals surface area contributed by atoms with Gasteiger partial charge in [0.15, 0.2) is 0 Å². The zero-order valence-electron chi connectivity index (χ0n) is 4.44. The summed E-state index contributed by atoms with van der Waals surface area (Å²) in [6, 6.07) is 0. The molecule has 0 heterocycles. The standard InChI is InChI=1S/CH5NO5S2/c1-8(3,4)7-9(2,5)6/h1H3,(H2,2,5,6). The van der Waals surface area contributed by atoms with E-state index in [0.717, 1.165) is 0 Å². The van der Waals surface area contributed by atoms with E-state index in [1.54, 1.807) is 0 Å². The summed E-state index contributed by atoms with van der Waals surface area (Å²) in [4.78, 5) is 0. The molecular weight excluding hydrogens is 170 g/mol.